The molecule has 0 aliphatic carbocycles. The number of hydrogen-bond acceptors (Lipinski definition) is 10. The Kier molecular flexibility index (Phi) is 26.8. The van der Waals surface area contributed by atoms with Crippen molar-refractivity contribution in [3.05, 3.63) is 138 Å². The topological polar surface area (TPSA) is 167 Å². The summed E-state index contributed by atoms with van der Waals surface area (Å²) in [5, 5.41) is 18.2. The zero-order chi connectivity index (χ0) is 63.8. The van der Waals surface area contributed by atoms with Gasteiger partial charge in [0.1, 0.15) is 5.60 Å². The highest BCUT2D eigenvalue weighted by Gasteiger charge is 2.50. The Balaban J connectivity index is 0.000000357. The molecule has 0 radical (unpaired) electrons. The molecule has 2 atom stereocenters. The summed E-state index contributed by atoms with van der Waals surface area (Å²) in [7, 11) is 5.31. The number of amides is 5. The van der Waals surface area contributed by atoms with E-state index >= 15 is 0 Å². The molecule has 27 heteroatoms. The van der Waals surface area contributed by atoms with Gasteiger partial charge in [-0.05, 0) is 131 Å². The number of nitrogens with one attached hydrogen (secondary N) is 3. The van der Waals surface area contributed by atoms with Crippen molar-refractivity contribution in [1.82, 2.24) is 40.4 Å². The maximum atomic E-state index is 13.6. The third kappa shape index (κ3) is 18.3. The third-order valence-corrected chi connectivity index (χ3v) is 18.0. The number of nitrogens with zero attached hydrogens (tertiary/aromatic N) is 5. The van der Waals surface area contributed by atoms with Crippen molar-refractivity contribution in [3.8, 4) is 0 Å². The fourth-order valence-electron chi connectivity index (χ4n) is 12.1. The van der Waals surface area contributed by atoms with E-state index in [0.29, 0.717) is 97.3 Å². The Hall–Kier alpha value is -4.69. The quantitative estimate of drug-likeness (QED) is 0.0893. The molecular formula is C61H80Cl4F6N8O7S2. The second-order valence-electron chi connectivity index (χ2n) is 23.4. The molecule has 2 spiro atoms. The standard InChI is InChI=1S/C32H39Cl2F3N4O4.C27H31Cl2F3N4O2.C2H6O.2H2S/c1-29(2,3)45-28(44)40(5)31(20-39(4)27(43)32(35,36)37,22-10-11-24(33)25(34)19-22)14-17-41-15-12-30(13-16-41)23-9-7-6-8-21(23)18-26(42)38-30;1-33-26(17-35(2)24(38)27(30,31)32,19-7-8-21(28)22(29)16-19)11-14-36-12-9-25(10-13-36)20-6-4-3-5-18(20)15-23(37)34-25;1-2-3;;/h6-11,19H,12-18,20H2,1-5H3,(H,38,42);3-8,16,33H,9-15,17H2,1-2H3,(H,34,37);3H,2H2,1H3;2*1H2/t31-;26-;;;/m11.../s1. The molecule has 4 aliphatic heterocycles. The average molecular weight is 1360 g/mol. The molecule has 2 fully saturated rings. The lowest BCUT2D eigenvalue weighted by atomic mass is 9.75. The number of carbonyl (C=O) groups excluding carboxylic acids is 5. The van der Waals surface area contributed by atoms with Gasteiger partial charge in [0, 0.05) is 80.1 Å². The Morgan fingerprint density at radius 2 is 1.01 bits per heavy atom. The van der Waals surface area contributed by atoms with Crippen molar-refractivity contribution in [2.75, 3.05) is 87.2 Å². The Morgan fingerprint density at radius 1 is 0.625 bits per heavy atom. The van der Waals surface area contributed by atoms with Crippen molar-refractivity contribution in [1.29, 1.82) is 0 Å². The van der Waals surface area contributed by atoms with E-state index in [1.165, 1.54) is 24.1 Å². The molecule has 0 bridgehead atoms. The second kappa shape index (κ2) is 31.1. The van der Waals surface area contributed by atoms with Gasteiger partial charge < -0.3 is 45.4 Å². The van der Waals surface area contributed by atoms with E-state index in [1.807, 2.05) is 42.5 Å². The van der Waals surface area contributed by atoms with Gasteiger partial charge in [0.2, 0.25) is 11.8 Å². The van der Waals surface area contributed by atoms with Crippen LogP contribution in [-0.2, 0) is 58.9 Å². The van der Waals surface area contributed by atoms with Gasteiger partial charge in [0.25, 0.3) is 0 Å². The minimum atomic E-state index is -5.12. The number of likely N-dealkylation sites (N-methyl/N-ethyl adjacent to an activating group) is 4. The SMILES string of the molecule is CCO.CN(C[C@](CCN1CCC2(CC1)NC(=O)Cc1ccccc12)(c1ccc(Cl)c(Cl)c1)N(C)C(=O)OC(C)(C)C)C(=O)C(F)(F)F.CN[C@](CCN1CCC2(CC1)NC(=O)Cc1ccccc12)(CN(C)C(=O)C(F)(F)F)c1ccc(Cl)c(Cl)c1.S.S. The number of alkyl halides is 6. The van der Waals surface area contributed by atoms with Gasteiger partial charge in [0.05, 0.1) is 55.1 Å². The van der Waals surface area contributed by atoms with Crippen molar-refractivity contribution in [3.63, 3.8) is 0 Å². The number of benzene rings is 4. The first-order chi connectivity index (χ1) is 40.2. The van der Waals surface area contributed by atoms with Gasteiger partial charge >= 0.3 is 30.3 Å². The van der Waals surface area contributed by atoms with Crippen molar-refractivity contribution < 1.29 is 60.2 Å². The molecule has 5 amide bonds. The molecule has 2 saturated heterocycles. The lowest BCUT2D eigenvalue weighted by Gasteiger charge is -2.48. The number of halogens is 10. The maximum Gasteiger partial charge on any atom is 0.471 e. The van der Waals surface area contributed by atoms with Crippen LogP contribution in [0.3, 0.4) is 0 Å². The molecule has 0 saturated carbocycles. The van der Waals surface area contributed by atoms with Gasteiger partial charge in [-0.25, -0.2) is 4.79 Å². The van der Waals surface area contributed by atoms with Gasteiger partial charge in [-0.1, -0.05) is 107 Å². The number of aliphatic hydroxyl groups is 1. The number of likely N-dealkylation sites (tertiary alicyclic amines) is 2. The number of carbonyl (C=O) groups is 5. The van der Waals surface area contributed by atoms with Gasteiger partial charge in [-0.3, -0.25) is 24.1 Å². The number of hydrogen-bond donors (Lipinski definition) is 4. The number of ether oxygens (including phenoxy) is 1. The monoisotopic (exact) mass is 1350 g/mol. The third-order valence-electron chi connectivity index (χ3n) is 16.5. The largest absolute Gasteiger partial charge is 0.471 e. The molecule has 0 aromatic heterocycles. The summed E-state index contributed by atoms with van der Waals surface area (Å²) in [6.07, 6.45) is -6.93. The first kappa shape index (κ1) is 75.8. The lowest BCUT2D eigenvalue weighted by molar-refractivity contribution is -0.185. The Labute approximate surface area is 545 Å². The predicted molar refractivity (Wildman–Crippen MR) is 341 cm³/mol. The zero-order valence-electron chi connectivity index (χ0n) is 50.5. The number of fused-ring (bicyclic) bond motifs is 4. The average Bonchev–Trinajstić information content (AvgIpc) is 2.95. The van der Waals surface area contributed by atoms with E-state index in [4.69, 9.17) is 56.2 Å². The Bertz CT molecular complexity index is 3080. The fraction of sp³-hybridized carbons (Fsp3) is 0.525. The molecule has 15 nitrogen and oxygen atoms in total. The van der Waals surface area contributed by atoms with Crippen LogP contribution in [0.4, 0.5) is 31.1 Å². The smallest absolute Gasteiger partial charge is 0.444 e. The molecule has 4 N–H and O–H groups in total. The maximum absolute atomic E-state index is 13.6. The fourth-order valence-corrected chi connectivity index (χ4v) is 12.7. The highest BCUT2D eigenvalue weighted by atomic mass is 35.5. The minimum Gasteiger partial charge on any atom is -0.444 e. The van der Waals surface area contributed by atoms with Crippen LogP contribution in [0.25, 0.3) is 0 Å². The molecule has 8 rings (SSSR count). The van der Waals surface area contributed by atoms with Gasteiger partial charge in [-0.2, -0.15) is 53.3 Å². The van der Waals surface area contributed by atoms with Crippen molar-refractivity contribution in [2.24, 2.45) is 0 Å². The summed E-state index contributed by atoms with van der Waals surface area (Å²) in [4.78, 5) is 69.9. The zero-order valence-corrected chi connectivity index (χ0v) is 55.5. The van der Waals surface area contributed by atoms with E-state index in [-0.39, 0.29) is 73.4 Å². The minimum absolute atomic E-state index is 0. The van der Waals surface area contributed by atoms with Crippen LogP contribution in [0, 0.1) is 0 Å². The summed E-state index contributed by atoms with van der Waals surface area (Å²) in [5.74, 6) is -3.97. The molecule has 488 valence electrons. The molecular weight excluding hydrogens is 1280 g/mol. The number of piperidine rings is 2. The number of rotatable bonds is 14. The van der Waals surface area contributed by atoms with Crippen molar-refractivity contribution in [2.45, 2.75) is 119 Å². The lowest BCUT2D eigenvalue weighted by Crippen LogP contribution is -2.59. The first-order valence-corrected chi connectivity index (χ1v) is 29.7. The van der Waals surface area contributed by atoms with E-state index in [1.54, 1.807) is 59.0 Å². The van der Waals surface area contributed by atoms with Gasteiger partial charge in [0.15, 0.2) is 0 Å². The summed E-state index contributed by atoms with van der Waals surface area (Å²) in [6, 6.07) is 25.5. The Morgan fingerprint density at radius 3 is 1.41 bits per heavy atom. The predicted octanol–water partition coefficient (Wildman–Crippen LogP) is 10.8. The number of aliphatic hydroxyl groups excluding tert-OH is 1. The summed E-state index contributed by atoms with van der Waals surface area (Å²) < 4.78 is 86.0. The second-order valence-corrected chi connectivity index (χ2v) is 25.0. The molecule has 88 heavy (non-hydrogen) atoms. The van der Waals surface area contributed by atoms with E-state index in [9.17, 15) is 50.3 Å². The van der Waals surface area contributed by atoms with Crippen LogP contribution >= 0.6 is 73.4 Å². The molecule has 4 aromatic rings. The molecule has 4 aliphatic rings. The highest BCUT2D eigenvalue weighted by molar-refractivity contribution is 7.59. The van der Waals surface area contributed by atoms with Crippen molar-refractivity contribution >= 4 is 103 Å². The summed E-state index contributed by atoms with van der Waals surface area (Å²) in [6.45, 7) is 9.74. The summed E-state index contributed by atoms with van der Waals surface area (Å²) in [5.41, 5.74) is 1.04. The van der Waals surface area contributed by atoms with Crippen LogP contribution in [-0.4, -0.2) is 164 Å². The molecule has 0 unspecified atom stereocenters. The van der Waals surface area contributed by atoms with E-state index in [0.717, 1.165) is 49.2 Å². The summed E-state index contributed by atoms with van der Waals surface area (Å²) >= 11 is 25.0. The van der Waals surface area contributed by atoms with E-state index in [2.05, 4.69) is 31.8 Å². The highest BCUT2D eigenvalue weighted by Crippen LogP contribution is 2.43. The van der Waals surface area contributed by atoms with Crippen LogP contribution in [0.1, 0.15) is 99.6 Å². The van der Waals surface area contributed by atoms with Crippen LogP contribution in [0.2, 0.25) is 20.1 Å². The normalized spacial score (nSPS) is 17.6. The van der Waals surface area contributed by atoms with Gasteiger partial charge in [-0.15, -0.1) is 0 Å². The van der Waals surface area contributed by atoms with Crippen LogP contribution in [0.15, 0.2) is 84.9 Å². The molecule has 4 heterocycles. The van der Waals surface area contributed by atoms with E-state index < -0.39 is 64.6 Å². The van der Waals surface area contributed by atoms with Crippen LogP contribution in [0.5, 0.6) is 0 Å². The first-order valence-electron chi connectivity index (χ1n) is 28.2. The molecule has 4 aromatic carbocycles. The van der Waals surface area contributed by atoms with Crippen LogP contribution < -0.4 is 16.0 Å².